The van der Waals surface area contributed by atoms with Gasteiger partial charge in [-0.2, -0.15) is 5.26 Å². The number of nitrogens with two attached hydrogens (primary N) is 1. The lowest BCUT2D eigenvalue weighted by molar-refractivity contribution is 0.270. The molecule has 2 rings (SSSR count). The maximum Gasteiger partial charge on any atom is 0.0991 e. The summed E-state index contributed by atoms with van der Waals surface area (Å²) in [7, 11) is 2.12. The number of likely N-dealkylation sites (N-methyl/N-ethyl adjacent to an activating group) is 1. The Balaban J connectivity index is 2.17. The van der Waals surface area contributed by atoms with E-state index in [9.17, 15) is 0 Å². The monoisotopic (exact) mass is 230 g/mol. The van der Waals surface area contributed by atoms with Gasteiger partial charge in [-0.25, -0.2) is 0 Å². The maximum atomic E-state index is 8.78. The highest BCUT2D eigenvalue weighted by atomic mass is 15.3. The highest BCUT2D eigenvalue weighted by Gasteiger charge is 2.23. The van der Waals surface area contributed by atoms with Crippen LogP contribution in [0.3, 0.4) is 0 Å². The van der Waals surface area contributed by atoms with Crippen molar-refractivity contribution < 1.29 is 0 Å². The Labute approximate surface area is 102 Å². The van der Waals surface area contributed by atoms with Crippen molar-refractivity contribution in [1.29, 1.82) is 5.26 Å². The Bertz CT molecular complexity index is 406. The van der Waals surface area contributed by atoms with Crippen LogP contribution in [0, 0.1) is 11.3 Å². The molecule has 0 aliphatic carbocycles. The summed E-state index contributed by atoms with van der Waals surface area (Å²) in [6.45, 7) is 3.70. The van der Waals surface area contributed by atoms with Crippen LogP contribution in [0.4, 0.5) is 5.69 Å². The molecule has 0 spiro atoms. The van der Waals surface area contributed by atoms with Gasteiger partial charge in [0.25, 0.3) is 0 Å². The lowest BCUT2D eigenvalue weighted by Crippen LogP contribution is -2.55. The second-order valence-electron chi connectivity index (χ2n) is 4.50. The quantitative estimate of drug-likeness (QED) is 0.810. The highest BCUT2D eigenvalue weighted by molar-refractivity contribution is 5.51. The third-order valence-corrected chi connectivity index (χ3v) is 3.29. The molecule has 1 aromatic rings. The van der Waals surface area contributed by atoms with E-state index in [-0.39, 0.29) is 0 Å². The van der Waals surface area contributed by atoms with Gasteiger partial charge in [0, 0.05) is 31.9 Å². The summed E-state index contributed by atoms with van der Waals surface area (Å²) in [6, 6.07) is 10.2. The molecule has 0 radical (unpaired) electrons. The van der Waals surface area contributed by atoms with Crippen molar-refractivity contribution in [2.45, 2.75) is 6.04 Å². The summed E-state index contributed by atoms with van der Waals surface area (Å²) in [5.41, 5.74) is 7.69. The van der Waals surface area contributed by atoms with Gasteiger partial charge in [0.2, 0.25) is 0 Å². The van der Waals surface area contributed by atoms with Crippen LogP contribution in [0.2, 0.25) is 0 Å². The molecule has 0 saturated carbocycles. The molecule has 4 heteroatoms. The van der Waals surface area contributed by atoms with Crippen LogP contribution in [0.25, 0.3) is 0 Å². The predicted octanol–water partition coefficient (Wildman–Crippen LogP) is 0.637. The Hall–Kier alpha value is -1.57. The lowest BCUT2D eigenvalue weighted by atomic mass is 10.1. The van der Waals surface area contributed by atoms with Crippen molar-refractivity contribution >= 4 is 5.69 Å². The Morgan fingerprint density at radius 3 is 2.65 bits per heavy atom. The van der Waals surface area contributed by atoms with Gasteiger partial charge in [-0.05, 0) is 31.3 Å². The third kappa shape index (κ3) is 2.57. The summed E-state index contributed by atoms with van der Waals surface area (Å²) < 4.78 is 0. The number of hydrogen-bond acceptors (Lipinski definition) is 4. The van der Waals surface area contributed by atoms with Crippen LogP contribution in [0.1, 0.15) is 5.56 Å². The maximum absolute atomic E-state index is 8.78. The largest absolute Gasteiger partial charge is 0.365 e. The van der Waals surface area contributed by atoms with E-state index in [2.05, 4.69) is 22.9 Å². The average Bonchev–Trinajstić information content (AvgIpc) is 2.39. The fourth-order valence-corrected chi connectivity index (χ4v) is 2.28. The van der Waals surface area contributed by atoms with E-state index in [4.69, 9.17) is 11.0 Å². The molecular formula is C13H18N4. The van der Waals surface area contributed by atoms with Gasteiger partial charge in [0.1, 0.15) is 0 Å². The van der Waals surface area contributed by atoms with Crippen molar-refractivity contribution in [3.63, 3.8) is 0 Å². The first-order valence-corrected chi connectivity index (χ1v) is 5.90. The Morgan fingerprint density at radius 1 is 1.35 bits per heavy atom. The van der Waals surface area contributed by atoms with Crippen LogP contribution < -0.4 is 10.6 Å². The highest BCUT2D eigenvalue weighted by Crippen LogP contribution is 2.20. The number of rotatable bonds is 2. The van der Waals surface area contributed by atoms with Crippen LogP contribution in [-0.2, 0) is 0 Å². The standard InChI is InChI=1S/C13H18N4/c1-16-6-7-17(13(9-15)10-16)12-4-2-11(8-14)3-5-12/h2-5,13H,6-7,9-10,15H2,1H3. The second kappa shape index (κ2) is 5.17. The van der Waals surface area contributed by atoms with Crippen molar-refractivity contribution in [3.8, 4) is 6.07 Å². The summed E-state index contributed by atoms with van der Waals surface area (Å²) >= 11 is 0. The van der Waals surface area contributed by atoms with Gasteiger partial charge < -0.3 is 15.5 Å². The molecule has 1 unspecified atom stereocenters. The zero-order valence-corrected chi connectivity index (χ0v) is 10.1. The first-order valence-electron chi connectivity index (χ1n) is 5.90. The van der Waals surface area contributed by atoms with E-state index in [1.165, 1.54) is 0 Å². The van der Waals surface area contributed by atoms with Crippen molar-refractivity contribution in [2.75, 3.05) is 38.1 Å². The van der Waals surface area contributed by atoms with Gasteiger partial charge in [0.05, 0.1) is 17.7 Å². The van der Waals surface area contributed by atoms with Crippen LogP contribution in [0.15, 0.2) is 24.3 Å². The number of piperazine rings is 1. The Kier molecular flexibility index (Phi) is 3.62. The molecule has 0 aromatic heterocycles. The fourth-order valence-electron chi connectivity index (χ4n) is 2.28. The van der Waals surface area contributed by atoms with E-state index < -0.39 is 0 Å². The SMILES string of the molecule is CN1CCN(c2ccc(C#N)cc2)C(CN)C1. The lowest BCUT2D eigenvalue weighted by Gasteiger charge is -2.41. The van der Waals surface area contributed by atoms with Crippen molar-refractivity contribution in [3.05, 3.63) is 29.8 Å². The van der Waals surface area contributed by atoms with E-state index >= 15 is 0 Å². The molecule has 0 amide bonds. The van der Waals surface area contributed by atoms with E-state index in [0.717, 1.165) is 25.3 Å². The summed E-state index contributed by atoms with van der Waals surface area (Å²) in [5.74, 6) is 0. The van der Waals surface area contributed by atoms with Gasteiger partial charge in [0.15, 0.2) is 0 Å². The molecule has 0 bridgehead atoms. The summed E-state index contributed by atoms with van der Waals surface area (Å²) in [5, 5.41) is 8.78. The minimum Gasteiger partial charge on any atom is -0.365 e. The smallest absolute Gasteiger partial charge is 0.0991 e. The number of benzene rings is 1. The normalized spacial score (nSPS) is 21.2. The molecule has 1 saturated heterocycles. The predicted molar refractivity (Wildman–Crippen MR) is 68.8 cm³/mol. The summed E-state index contributed by atoms with van der Waals surface area (Å²) in [4.78, 5) is 4.64. The molecule has 1 aromatic carbocycles. The van der Waals surface area contributed by atoms with Crippen LogP contribution >= 0.6 is 0 Å². The second-order valence-corrected chi connectivity index (χ2v) is 4.50. The zero-order chi connectivity index (χ0) is 12.3. The van der Waals surface area contributed by atoms with Crippen LogP contribution in [0.5, 0.6) is 0 Å². The summed E-state index contributed by atoms with van der Waals surface area (Å²) in [6.07, 6.45) is 0. The number of nitriles is 1. The average molecular weight is 230 g/mol. The van der Waals surface area contributed by atoms with Gasteiger partial charge >= 0.3 is 0 Å². The molecular weight excluding hydrogens is 212 g/mol. The molecule has 2 N–H and O–H groups in total. The van der Waals surface area contributed by atoms with Gasteiger partial charge in [-0.1, -0.05) is 0 Å². The number of anilines is 1. The number of hydrogen-bond donors (Lipinski definition) is 1. The molecule has 4 nitrogen and oxygen atoms in total. The molecule has 17 heavy (non-hydrogen) atoms. The molecule has 1 aliphatic rings. The zero-order valence-electron chi connectivity index (χ0n) is 10.1. The first kappa shape index (κ1) is 11.9. The molecule has 90 valence electrons. The minimum absolute atomic E-state index is 0.363. The Morgan fingerprint density at radius 2 is 2.06 bits per heavy atom. The minimum atomic E-state index is 0.363. The van der Waals surface area contributed by atoms with Gasteiger partial charge in [-0.3, -0.25) is 0 Å². The molecule has 1 heterocycles. The van der Waals surface area contributed by atoms with E-state index in [0.29, 0.717) is 18.2 Å². The number of nitrogens with zero attached hydrogens (tertiary/aromatic N) is 3. The molecule has 1 atom stereocenters. The van der Waals surface area contributed by atoms with Gasteiger partial charge in [-0.15, -0.1) is 0 Å². The van der Waals surface area contributed by atoms with E-state index in [1.807, 2.05) is 24.3 Å². The topological polar surface area (TPSA) is 56.3 Å². The van der Waals surface area contributed by atoms with Crippen molar-refractivity contribution in [1.82, 2.24) is 4.90 Å². The van der Waals surface area contributed by atoms with Crippen LogP contribution in [-0.4, -0.2) is 44.2 Å². The van der Waals surface area contributed by atoms with E-state index in [1.54, 1.807) is 0 Å². The molecule has 1 aliphatic heterocycles. The van der Waals surface area contributed by atoms with Crippen molar-refractivity contribution in [2.24, 2.45) is 5.73 Å². The third-order valence-electron chi connectivity index (χ3n) is 3.29. The fraction of sp³-hybridized carbons (Fsp3) is 0.462. The molecule has 1 fully saturated rings. The first-order chi connectivity index (χ1) is 8.24.